The number of carbonyl (C=O) groups is 1. The van der Waals surface area contributed by atoms with Crippen molar-refractivity contribution in [1.82, 2.24) is 4.98 Å². The smallest absolute Gasteiger partial charge is 0.356 e. The second kappa shape index (κ2) is 5.00. The van der Waals surface area contributed by atoms with E-state index in [1.165, 1.54) is 7.11 Å². The van der Waals surface area contributed by atoms with Gasteiger partial charge in [-0.1, -0.05) is 12.0 Å². The molecule has 0 saturated heterocycles. The Bertz CT molecular complexity index is 391. The van der Waals surface area contributed by atoms with Gasteiger partial charge in [-0.2, -0.15) is 0 Å². The number of esters is 1. The lowest BCUT2D eigenvalue weighted by Crippen LogP contribution is -2.04. The minimum absolute atomic E-state index is 0.247. The highest BCUT2D eigenvalue weighted by Gasteiger charge is 2.05. The van der Waals surface area contributed by atoms with E-state index in [-0.39, 0.29) is 12.2 Å². The zero-order valence-corrected chi connectivity index (χ0v) is 7.78. The summed E-state index contributed by atoms with van der Waals surface area (Å²) >= 11 is 0. The highest BCUT2D eigenvalue weighted by Crippen LogP contribution is 1.99. The van der Waals surface area contributed by atoms with Crippen molar-refractivity contribution in [2.45, 2.75) is 0 Å². The van der Waals surface area contributed by atoms with Crippen LogP contribution < -0.4 is 5.73 Å². The number of ether oxygens (including phenoxy) is 1. The molecule has 0 atom stereocenters. The molecule has 0 spiro atoms. The normalized spacial score (nSPS) is 8.71. The Morgan fingerprint density at radius 1 is 1.64 bits per heavy atom. The summed E-state index contributed by atoms with van der Waals surface area (Å²) in [6.07, 6.45) is 0. The van der Waals surface area contributed by atoms with Gasteiger partial charge in [-0.3, -0.25) is 0 Å². The second-order valence-electron chi connectivity index (χ2n) is 2.41. The first-order chi connectivity index (χ1) is 6.77. The quantitative estimate of drug-likeness (QED) is 0.506. The zero-order valence-electron chi connectivity index (χ0n) is 7.78. The summed E-state index contributed by atoms with van der Waals surface area (Å²) in [6, 6.07) is 4.97. The van der Waals surface area contributed by atoms with Crippen LogP contribution in [0.2, 0.25) is 0 Å². The van der Waals surface area contributed by atoms with Gasteiger partial charge in [-0.15, -0.1) is 0 Å². The first kappa shape index (κ1) is 10.2. The van der Waals surface area contributed by atoms with Gasteiger partial charge in [-0.25, -0.2) is 9.78 Å². The van der Waals surface area contributed by atoms with E-state index in [1.807, 2.05) is 0 Å². The van der Waals surface area contributed by atoms with Gasteiger partial charge >= 0.3 is 5.97 Å². The molecule has 1 aromatic heterocycles. The van der Waals surface area contributed by atoms with Crippen molar-refractivity contribution in [3.63, 3.8) is 0 Å². The topological polar surface area (TPSA) is 65.2 Å². The molecule has 0 bridgehead atoms. The molecule has 1 heterocycles. The van der Waals surface area contributed by atoms with Crippen molar-refractivity contribution in [1.29, 1.82) is 0 Å². The van der Waals surface area contributed by atoms with Gasteiger partial charge in [0.2, 0.25) is 0 Å². The van der Waals surface area contributed by atoms with E-state index < -0.39 is 5.97 Å². The predicted molar refractivity (Wildman–Crippen MR) is 51.5 cm³/mol. The number of rotatable bonds is 1. The molecule has 0 aliphatic rings. The summed E-state index contributed by atoms with van der Waals surface area (Å²) in [5.74, 6) is 4.91. The molecule has 2 N–H and O–H groups in total. The molecular weight excluding hydrogens is 180 g/mol. The summed E-state index contributed by atoms with van der Waals surface area (Å²) in [7, 11) is 1.31. The van der Waals surface area contributed by atoms with Crippen molar-refractivity contribution in [2.24, 2.45) is 5.73 Å². The predicted octanol–water partition coefficient (Wildman–Crippen LogP) is 0.178. The monoisotopic (exact) mass is 190 g/mol. The van der Waals surface area contributed by atoms with Crippen LogP contribution in [0.5, 0.6) is 0 Å². The third kappa shape index (κ3) is 2.57. The molecule has 0 amide bonds. The molecular formula is C10H10N2O2. The van der Waals surface area contributed by atoms with Crippen LogP contribution in [0, 0.1) is 11.8 Å². The minimum Gasteiger partial charge on any atom is -0.464 e. The highest BCUT2D eigenvalue weighted by molar-refractivity contribution is 5.87. The summed E-state index contributed by atoms with van der Waals surface area (Å²) in [4.78, 5) is 15.1. The molecule has 0 fully saturated rings. The Kier molecular flexibility index (Phi) is 3.65. The average Bonchev–Trinajstić information content (AvgIpc) is 2.25. The largest absolute Gasteiger partial charge is 0.464 e. The van der Waals surface area contributed by atoms with Gasteiger partial charge in [-0.05, 0) is 18.1 Å². The van der Waals surface area contributed by atoms with E-state index in [9.17, 15) is 4.79 Å². The fourth-order valence-corrected chi connectivity index (χ4v) is 0.864. The maximum absolute atomic E-state index is 11.1. The SMILES string of the molecule is COC(=O)c1cccc(C#CCN)n1. The molecule has 0 aromatic carbocycles. The van der Waals surface area contributed by atoms with Crippen LogP contribution in [0.1, 0.15) is 16.2 Å². The molecule has 4 nitrogen and oxygen atoms in total. The Morgan fingerprint density at radius 3 is 3.07 bits per heavy atom. The molecule has 0 radical (unpaired) electrons. The van der Waals surface area contributed by atoms with Crippen LogP contribution in [0.15, 0.2) is 18.2 Å². The van der Waals surface area contributed by atoms with Gasteiger partial charge < -0.3 is 10.5 Å². The lowest BCUT2D eigenvalue weighted by atomic mass is 10.3. The van der Waals surface area contributed by atoms with Gasteiger partial charge in [0, 0.05) is 0 Å². The van der Waals surface area contributed by atoms with Crippen LogP contribution in [0.25, 0.3) is 0 Å². The van der Waals surface area contributed by atoms with Crippen molar-refractivity contribution >= 4 is 5.97 Å². The summed E-state index contributed by atoms with van der Waals surface area (Å²) in [5.41, 5.74) is 5.97. The van der Waals surface area contributed by atoms with Crippen molar-refractivity contribution < 1.29 is 9.53 Å². The number of aromatic nitrogens is 1. The van der Waals surface area contributed by atoms with E-state index in [1.54, 1.807) is 18.2 Å². The number of nitrogens with zero attached hydrogens (tertiary/aromatic N) is 1. The Morgan fingerprint density at radius 2 is 2.43 bits per heavy atom. The fourth-order valence-electron chi connectivity index (χ4n) is 0.864. The number of nitrogens with two attached hydrogens (primary N) is 1. The van der Waals surface area contributed by atoms with Crippen molar-refractivity contribution in [3.8, 4) is 11.8 Å². The molecule has 0 aliphatic heterocycles. The number of carbonyl (C=O) groups excluding carboxylic acids is 1. The molecule has 14 heavy (non-hydrogen) atoms. The lowest BCUT2D eigenvalue weighted by Gasteiger charge is -1.97. The van der Waals surface area contributed by atoms with Crippen LogP contribution in [-0.4, -0.2) is 24.6 Å². The minimum atomic E-state index is -0.471. The van der Waals surface area contributed by atoms with Gasteiger partial charge in [0.05, 0.1) is 13.7 Å². The molecule has 1 rings (SSSR count). The number of hydrogen-bond donors (Lipinski definition) is 1. The summed E-state index contributed by atoms with van der Waals surface area (Å²) in [5, 5.41) is 0. The zero-order chi connectivity index (χ0) is 10.4. The number of methoxy groups -OCH3 is 1. The fraction of sp³-hybridized carbons (Fsp3) is 0.200. The third-order valence-electron chi connectivity index (χ3n) is 1.46. The van der Waals surface area contributed by atoms with E-state index in [4.69, 9.17) is 5.73 Å². The van der Waals surface area contributed by atoms with E-state index >= 15 is 0 Å². The van der Waals surface area contributed by atoms with Gasteiger partial charge in [0.25, 0.3) is 0 Å². The van der Waals surface area contributed by atoms with Crippen LogP contribution >= 0.6 is 0 Å². The first-order valence-corrected chi connectivity index (χ1v) is 4.02. The van der Waals surface area contributed by atoms with Gasteiger partial charge in [0.15, 0.2) is 0 Å². The Balaban J connectivity index is 2.95. The third-order valence-corrected chi connectivity index (χ3v) is 1.46. The number of pyridine rings is 1. The highest BCUT2D eigenvalue weighted by atomic mass is 16.5. The Labute approximate surface area is 82.1 Å². The molecule has 1 aromatic rings. The molecule has 0 saturated carbocycles. The average molecular weight is 190 g/mol. The van der Waals surface area contributed by atoms with Crippen LogP contribution in [-0.2, 0) is 4.74 Å². The number of hydrogen-bond acceptors (Lipinski definition) is 4. The first-order valence-electron chi connectivity index (χ1n) is 4.02. The van der Waals surface area contributed by atoms with Crippen molar-refractivity contribution in [2.75, 3.05) is 13.7 Å². The second-order valence-corrected chi connectivity index (χ2v) is 2.41. The van der Waals surface area contributed by atoms with Crippen molar-refractivity contribution in [3.05, 3.63) is 29.6 Å². The van der Waals surface area contributed by atoms with Crippen LogP contribution in [0.4, 0.5) is 0 Å². The summed E-state index contributed by atoms with van der Waals surface area (Å²) < 4.78 is 4.52. The molecule has 0 unspecified atom stereocenters. The van der Waals surface area contributed by atoms with Gasteiger partial charge in [0.1, 0.15) is 11.4 Å². The Hall–Kier alpha value is -1.86. The van der Waals surface area contributed by atoms with Crippen LogP contribution in [0.3, 0.4) is 0 Å². The van der Waals surface area contributed by atoms with E-state index in [2.05, 4.69) is 21.6 Å². The van der Waals surface area contributed by atoms with E-state index in [0.717, 1.165) is 0 Å². The van der Waals surface area contributed by atoms with E-state index in [0.29, 0.717) is 5.69 Å². The molecule has 72 valence electrons. The molecule has 4 heteroatoms. The summed E-state index contributed by atoms with van der Waals surface area (Å²) in [6.45, 7) is 0.268. The lowest BCUT2D eigenvalue weighted by molar-refractivity contribution is 0.0594. The molecule has 0 aliphatic carbocycles. The maximum atomic E-state index is 11.1. The maximum Gasteiger partial charge on any atom is 0.356 e. The standard InChI is InChI=1S/C10H10N2O2/c1-14-10(13)9-6-2-4-8(12-9)5-3-7-11/h2,4,6H,7,11H2,1H3.